The highest BCUT2D eigenvalue weighted by atomic mass is 32.2. The summed E-state index contributed by atoms with van der Waals surface area (Å²) in [5, 5.41) is 2.28. The molecule has 0 bridgehead atoms. The Bertz CT molecular complexity index is 758. The Morgan fingerprint density at radius 1 is 1.37 bits per heavy atom. The van der Waals surface area contributed by atoms with E-state index in [1.165, 1.54) is 7.05 Å². The van der Waals surface area contributed by atoms with Gasteiger partial charge in [0.2, 0.25) is 0 Å². The summed E-state index contributed by atoms with van der Waals surface area (Å²) in [5.74, 6) is 0.655. The quantitative estimate of drug-likeness (QED) is 0.837. The molecule has 0 aromatic heterocycles. The number of amides is 2. The van der Waals surface area contributed by atoms with Gasteiger partial charge in [0.05, 0.1) is 12.2 Å². The van der Waals surface area contributed by atoms with E-state index in [9.17, 15) is 18.4 Å². The van der Waals surface area contributed by atoms with Gasteiger partial charge >= 0.3 is 12.2 Å². The maximum atomic E-state index is 14.6. The van der Waals surface area contributed by atoms with Crippen molar-refractivity contribution < 1.29 is 27.8 Å². The number of hydrogen-bond donors (Lipinski definition) is 1. The second kappa shape index (κ2) is 6.74. The summed E-state index contributed by atoms with van der Waals surface area (Å²) in [4.78, 5) is 26.0. The minimum atomic E-state index is -0.735. The standard InChI is InChI=1S/C17H19F2N3O4S/c1-20-15(23)25-5-11-4-22(16(24)26-11)10-2-12(18)14(13(19)3-10)21-6-17(7-21)8-27-9-17/h2-3,11H,4-9H2,1H3,(H,20,23)/t11-/m1/s1. The number of ether oxygens (including phenoxy) is 2. The lowest BCUT2D eigenvalue weighted by molar-refractivity contribution is 0.0745. The van der Waals surface area contributed by atoms with Gasteiger partial charge in [0, 0.05) is 49.2 Å². The van der Waals surface area contributed by atoms with E-state index < -0.39 is 29.9 Å². The number of benzene rings is 1. The fraction of sp³-hybridized carbons (Fsp3) is 0.529. The van der Waals surface area contributed by atoms with Gasteiger partial charge in [-0.05, 0) is 0 Å². The first-order valence-electron chi connectivity index (χ1n) is 8.55. The van der Waals surface area contributed by atoms with Crippen molar-refractivity contribution in [3.8, 4) is 0 Å². The number of hydrogen-bond acceptors (Lipinski definition) is 6. The molecule has 0 unspecified atom stereocenters. The number of nitrogens with one attached hydrogen (secondary N) is 1. The molecule has 3 aliphatic rings. The molecule has 27 heavy (non-hydrogen) atoms. The van der Waals surface area contributed by atoms with Crippen LogP contribution in [0.1, 0.15) is 0 Å². The number of rotatable bonds is 4. The average molecular weight is 399 g/mol. The summed E-state index contributed by atoms with van der Waals surface area (Å²) < 4.78 is 39.1. The molecule has 3 heterocycles. The van der Waals surface area contributed by atoms with E-state index in [-0.39, 0.29) is 29.9 Å². The molecule has 10 heteroatoms. The molecule has 1 atom stereocenters. The maximum absolute atomic E-state index is 14.6. The Balaban J connectivity index is 1.45. The van der Waals surface area contributed by atoms with Crippen LogP contribution >= 0.6 is 11.8 Å². The molecule has 3 aliphatic heterocycles. The topological polar surface area (TPSA) is 71.1 Å². The zero-order chi connectivity index (χ0) is 19.2. The van der Waals surface area contributed by atoms with E-state index in [1.54, 1.807) is 4.90 Å². The Morgan fingerprint density at radius 3 is 2.59 bits per heavy atom. The highest BCUT2D eigenvalue weighted by Crippen LogP contribution is 2.48. The lowest BCUT2D eigenvalue weighted by Crippen LogP contribution is -2.63. The number of anilines is 2. The molecule has 4 rings (SSSR count). The second-order valence-electron chi connectivity index (χ2n) is 7.07. The molecule has 0 saturated carbocycles. The number of nitrogens with zero attached hydrogens (tertiary/aromatic N) is 2. The van der Waals surface area contributed by atoms with E-state index in [0.717, 1.165) is 28.5 Å². The number of halogens is 2. The SMILES string of the molecule is CNC(=O)OC[C@H]1CN(c2cc(F)c(N3CC4(CSC4)C3)c(F)c2)C(=O)O1. The first-order chi connectivity index (χ1) is 12.9. The Kier molecular flexibility index (Phi) is 4.53. The van der Waals surface area contributed by atoms with Crippen LogP contribution in [0.3, 0.4) is 0 Å². The number of cyclic esters (lactones) is 1. The summed E-state index contributed by atoms with van der Waals surface area (Å²) in [6, 6.07) is 2.28. The third-order valence-electron chi connectivity index (χ3n) is 4.98. The molecular weight excluding hydrogens is 380 g/mol. The smallest absolute Gasteiger partial charge is 0.414 e. The molecule has 7 nitrogen and oxygen atoms in total. The molecule has 1 aromatic carbocycles. The number of carbonyl (C=O) groups is 2. The van der Waals surface area contributed by atoms with Gasteiger partial charge in [-0.2, -0.15) is 11.8 Å². The lowest BCUT2D eigenvalue weighted by Gasteiger charge is -2.56. The molecule has 0 radical (unpaired) electrons. The van der Waals surface area contributed by atoms with Gasteiger partial charge in [-0.25, -0.2) is 18.4 Å². The fourth-order valence-electron chi connectivity index (χ4n) is 3.56. The van der Waals surface area contributed by atoms with Crippen molar-refractivity contribution in [3.63, 3.8) is 0 Å². The first-order valence-corrected chi connectivity index (χ1v) is 9.71. The highest BCUT2D eigenvalue weighted by Gasteiger charge is 2.49. The monoisotopic (exact) mass is 399 g/mol. The highest BCUT2D eigenvalue weighted by molar-refractivity contribution is 8.00. The van der Waals surface area contributed by atoms with Crippen molar-refractivity contribution in [2.75, 3.05) is 54.6 Å². The lowest BCUT2D eigenvalue weighted by atomic mass is 9.82. The van der Waals surface area contributed by atoms with E-state index >= 15 is 0 Å². The number of alkyl carbamates (subject to hydrolysis) is 1. The molecule has 3 saturated heterocycles. The fourth-order valence-corrected chi connectivity index (χ4v) is 4.71. The van der Waals surface area contributed by atoms with Crippen molar-refractivity contribution in [2.45, 2.75) is 6.10 Å². The van der Waals surface area contributed by atoms with Crippen LogP contribution in [0.4, 0.5) is 29.7 Å². The largest absolute Gasteiger partial charge is 0.446 e. The van der Waals surface area contributed by atoms with Gasteiger partial charge in [-0.3, -0.25) is 4.90 Å². The summed E-state index contributed by atoms with van der Waals surface area (Å²) in [6.07, 6.45) is -2.09. The van der Waals surface area contributed by atoms with Crippen LogP contribution in [0.5, 0.6) is 0 Å². The van der Waals surface area contributed by atoms with Crippen LogP contribution in [-0.2, 0) is 9.47 Å². The van der Waals surface area contributed by atoms with Gasteiger partial charge in [0.1, 0.15) is 12.3 Å². The average Bonchev–Trinajstić information content (AvgIpc) is 2.93. The molecule has 1 N–H and O–H groups in total. The third kappa shape index (κ3) is 3.26. The van der Waals surface area contributed by atoms with E-state index in [4.69, 9.17) is 9.47 Å². The number of thioether (sulfide) groups is 1. The van der Waals surface area contributed by atoms with E-state index in [1.807, 2.05) is 11.8 Å². The third-order valence-corrected chi connectivity index (χ3v) is 6.61. The predicted molar refractivity (Wildman–Crippen MR) is 96.4 cm³/mol. The maximum Gasteiger partial charge on any atom is 0.414 e. The molecular formula is C17H19F2N3O4S. The van der Waals surface area contributed by atoms with Crippen LogP contribution in [0, 0.1) is 17.0 Å². The molecule has 2 amide bonds. The molecule has 1 aromatic rings. The van der Waals surface area contributed by atoms with Crippen molar-refractivity contribution in [3.05, 3.63) is 23.8 Å². The van der Waals surface area contributed by atoms with Crippen LogP contribution < -0.4 is 15.1 Å². The van der Waals surface area contributed by atoms with E-state index in [2.05, 4.69) is 5.32 Å². The zero-order valence-corrected chi connectivity index (χ0v) is 15.5. The minimum absolute atomic E-state index is 0.0398. The van der Waals surface area contributed by atoms with E-state index in [0.29, 0.717) is 13.1 Å². The van der Waals surface area contributed by atoms with Gasteiger partial charge in [0.25, 0.3) is 0 Å². The van der Waals surface area contributed by atoms with Crippen LogP contribution in [0.15, 0.2) is 12.1 Å². The summed E-state index contributed by atoms with van der Waals surface area (Å²) >= 11 is 1.84. The van der Waals surface area contributed by atoms with Gasteiger partial charge < -0.3 is 19.7 Å². The first kappa shape index (κ1) is 18.1. The molecule has 146 valence electrons. The summed E-state index contributed by atoms with van der Waals surface area (Å²) in [5.41, 5.74) is 0.239. The van der Waals surface area contributed by atoms with Crippen LogP contribution in [0.2, 0.25) is 0 Å². The Labute approximate surface area is 159 Å². The van der Waals surface area contributed by atoms with Crippen molar-refractivity contribution in [2.24, 2.45) is 5.41 Å². The molecule has 0 aliphatic carbocycles. The minimum Gasteiger partial charge on any atom is -0.446 e. The van der Waals surface area contributed by atoms with Gasteiger partial charge in [-0.15, -0.1) is 0 Å². The zero-order valence-electron chi connectivity index (χ0n) is 14.7. The van der Waals surface area contributed by atoms with Crippen molar-refractivity contribution >= 4 is 35.3 Å². The number of carbonyl (C=O) groups excluding carboxylic acids is 2. The van der Waals surface area contributed by atoms with Gasteiger partial charge in [-0.1, -0.05) is 0 Å². The summed E-state index contributed by atoms with van der Waals surface area (Å²) in [6.45, 7) is 1.20. The molecule has 3 fully saturated rings. The van der Waals surface area contributed by atoms with Crippen molar-refractivity contribution in [1.29, 1.82) is 0 Å². The van der Waals surface area contributed by atoms with Crippen molar-refractivity contribution in [1.82, 2.24) is 5.32 Å². The van der Waals surface area contributed by atoms with Crippen LogP contribution in [-0.4, -0.2) is 63.1 Å². The second-order valence-corrected chi connectivity index (χ2v) is 8.06. The Hall–Kier alpha value is -2.23. The normalized spacial score (nSPS) is 22.9. The Morgan fingerprint density at radius 2 is 2.04 bits per heavy atom. The van der Waals surface area contributed by atoms with Gasteiger partial charge in [0.15, 0.2) is 17.7 Å². The predicted octanol–water partition coefficient (Wildman–Crippen LogP) is 2.20. The molecule has 1 spiro atoms. The summed E-state index contributed by atoms with van der Waals surface area (Å²) in [7, 11) is 1.41. The van der Waals surface area contributed by atoms with Crippen LogP contribution in [0.25, 0.3) is 0 Å².